The molecule has 106 valence electrons. The zero-order valence-electron chi connectivity index (χ0n) is 12.1. The zero-order valence-corrected chi connectivity index (χ0v) is 14.5. The van der Waals surface area contributed by atoms with Crippen molar-refractivity contribution in [1.29, 1.82) is 0 Å². The third kappa shape index (κ3) is 3.29. The quantitative estimate of drug-likeness (QED) is 0.891. The van der Waals surface area contributed by atoms with Crippen LogP contribution in [-0.4, -0.2) is 30.6 Å². The Bertz CT molecular complexity index is 438. The highest BCUT2D eigenvalue weighted by molar-refractivity contribution is 9.10. The summed E-state index contributed by atoms with van der Waals surface area (Å²) in [4.78, 5) is 2.57. The van der Waals surface area contributed by atoms with Crippen LogP contribution in [0.2, 0.25) is 0 Å². The van der Waals surface area contributed by atoms with Crippen molar-refractivity contribution in [3.63, 3.8) is 0 Å². The van der Waals surface area contributed by atoms with Crippen LogP contribution < -0.4 is 10.2 Å². The van der Waals surface area contributed by atoms with Gasteiger partial charge in [-0.05, 0) is 44.7 Å². The summed E-state index contributed by atoms with van der Waals surface area (Å²) in [5.41, 5.74) is 2.76. The summed E-state index contributed by atoms with van der Waals surface area (Å²) in [7, 11) is 2.02. The van der Waals surface area contributed by atoms with E-state index in [1.54, 1.807) is 0 Å². The summed E-state index contributed by atoms with van der Waals surface area (Å²) in [6, 6.07) is 7.61. The molecule has 0 saturated carbocycles. The van der Waals surface area contributed by atoms with Gasteiger partial charge in [-0.15, -0.1) is 0 Å². The van der Waals surface area contributed by atoms with E-state index in [-0.39, 0.29) is 0 Å². The molecular weight excluding hydrogens is 320 g/mol. The highest BCUT2D eigenvalue weighted by Gasteiger charge is 2.27. The van der Waals surface area contributed by atoms with E-state index in [9.17, 15) is 0 Å². The van der Waals surface area contributed by atoms with E-state index in [1.807, 2.05) is 7.05 Å². The van der Waals surface area contributed by atoms with Gasteiger partial charge in [0.25, 0.3) is 0 Å². The topological polar surface area (TPSA) is 15.3 Å². The smallest absolute Gasteiger partial charge is 0.0418 e. The predicted molar refractivity (Wildman–Crippen MR) is 90.3 cm³/mol. The Labute approximate surface area is 129 Å². The highest BCUT2D eigenvalue weighted by Crippen LogP contribution is 2.35. The first-order valence-corrected chi connectivity index (χ1v) is 8.73. The normalized spacial score (nSPS) is 25.4. The van der Waals surface area contributed by atoms with Crippen LogP contribution >= 0.6 is 27.7 Å². The van der Waals surface area contributed by atoms with Crippen molar-refractivity contribution in [3.05, 3.63) is 28.2 Å². The van der Waals surface area contributed by atoms with Crippen LogP contribution in [-0.2, 0) is 0 Å². The Kier molecular flexibility index (Phi) is 5.21. The van der Waals surface area contributed by atoms with E-state index in [4.69, 9.17) is 0 Å². The Morgan fingerprint density at radius 1 is 1.42 bits per heavy atom. The maximum absolute atomic E-state index is 3.59. The lowest BCUT2D eigenvalue weighted by atomic mass is 10.0. The first-order chi connectivity index (χ1) is 9.04. The van der Waals surface area contributed by atoms with Crippen LogP contribution in [0, 0.1) is 0 Å². The minimum Gasteiger partial charge on any atom is -0.367 e. The van der Waals surface area contributed by atoms with Crippen molar-refractivity contribution < 1.29 is 0 Å². The van der Waals surface area contributed by atoms with Crippen LogP contribution in [0.1, 0.15) is 32.4 Å². The molecule has 19 heavy (non-hydrogen) atoms. The molecule has 1 aliphatic rings. The molecule has 4 heteroatoms. The Morgan fingerprint density at radius 2 is 2.16 bits per heavy atom. The second-order valence-electron chi connectivity index (χ2n) is 5.22. The van der Waals surface area contributed by atoms with E-state index in [1.165, 1.54) is 17.0 Å². The molecule has 0 aliphatic carbocycles. The number of rotatable bonds is 3. The molecule has 2 rings (SSSR count). The van der Waals surface area contributed by atoms with Crippen molar-refractivity contribution in [3.8, 4) is 0 Å². The van der Waals surface area contributed by atoms with Gasteiger partial charge in [-0.2, -0.15) is 11.8 Å². The third-order valence-corrected chi connectivity index (χ3v) is 5.91. The first-order valence-electron chi connectivity index (χ1n) is 6.89. The lowest BCUT2D eigenvalue weighted by molar-refractivity contribution is 0.607. The maximum Gasteiger partial charge on any atom is 0.0418 e. The number of anilines is 1. The van der Waals surface area contributed by atoms with E-state index < -0.39 is 0 Å². The van der Waals surface area contributed by atoms with E-state index in [0.717, 1.165) is 11.0 Å². The largest absolute Gasteiger partial charge is 0.367 e. The summed E-state index contributed by atoms with van der Waals surface area (Å²) in [6.45, 7) is 8.04. The molecular formula is C15H23BrN2S. The van der Waals surface area contributed by atoms with Gasteiger partial charge < -0.3 is 10.2 Å². The lowest BCUT2D eigenvalue weighted by Crippen LogP contribution is -2.45. The number of nitrogens with zero attached hydrogens (tertiary/aromatic N) is 1. The molecule has 0 aromatic heterocycles. The number of nitrogens with one attached hydrogen (secondary N) is 1. The molecule has 1 aromatic carbocycles. The SMILES string of the molecule is CNC(C)c1cc(Br)ccc1N1CCSC(C)C1C. The average Bonchev–Trinajstić information content (AvgIpc) is 2.41. The van der Waals surface area contributed by atoms with Gasteiger partial charge in [-0.25, -0.2) is 0 Å². The molecule has 1 aromatic rings. The third-order valence-electron chi connectivity index (χ3n) is 4.08. The summed E-state index contributed by atoms with van der Waals surface area (Å²) in [6.07, 6.45) is 0. The maximum atomic E-state index is 3.59. The van der Waals surface area contributed by atoms with Gasteiger partial charge in [0.05, 0.1) is 0 Å². The first kappa shape index (κ1) is 15.2. The Morgan fingerprint density at radius 3 is 2.84 bits per heavy atom. The molecule has 1 fully saturated rings. The summed E-state index contributed by atoms with van der Waals surface area (Å²) >= 11 is 5.68. The minimum absolute atomic E-state index is 0.365. The van der Waals surface area contributed by atoms with Gasteiger partial charge >= 0.3 is 0 Å². The van der Waals surface area contributed by atoms with Crippen molar-refractivity contribution >= 4 is 33.4 Å². The molecule has 3 unspecified atom stereocenters. The fourth-order valence-electron chi connectivity index (χ4n) is 2.56. The molecule has 1 saturated heterocycles. The molecule has 3 atom stereocenters. The van der Waals surface area contributed by atoms with E-state index in [0.29, 0.717) is 17.3 Å². The predicted octanol–water partition coefficient (Wildman–Crippen LogP) is 4.06. The van der Waals surface area contributed by atoms with Crippen molar-refractivity contribution in [2.45, 2.75) is 38.1 Å². The van der Waals surface area contributed by atoms with Crippen LogP contribution in [0.5, 0.6) is 0 Å². The number of hydrogen-bond acceptors (Lipinski definition) is 3. The van der Waals surface area contributed by atoms with Gasteiger partial charge in [0.1, 0.15) is 0 Å². The minimum atomic E-state index is 0.365. The van der Waals surface area contributed by atoms with Crippen LogP contribution in [0.25, 0.3) is 0 Å². The van der Waals surface area contributed by atoms with Gasteiger partial charge in [0, 0.05) is 39.8 Å². The fraction of sp³-hybridized carbons (Fsp3) is 0.600. The summed E-state index contributed by atoms with van der Waals surface area (Å²) in [5, 5.41) is 4.05. The van der Waals surface area contributed by atoms with Crippen LogP contribution in [0.4, 0.5) is 5.69 Å². The van der Waals surface area contributed by atoms with E-state index >= 15 is 0 Å². The van der Waals surface area contributed by atoms with Crippen LogP contribution in [0.3, 0.4) is 0 Å². The highest BCUT2D eigenvalue weighted by atomic mass is 79.9. The number of hydrogen-bond donors (Lipinski definition) is 1. The Balaban J connectivity index is 2.37. The average molecular weight is 343 g/mol. The molecule has 0 radical (unpaired) electrons. The van der Waals surface area contributed by atoms with Gasteiger partial charge in [-0.1, -0.05) is 22.9 Å². The molecule has 1 N–H and O–H groups in total. The summed E-state index contributed by atoms with van der Waals surface area (Å²) < 4.78 is 1.15. The molecule has 0 bridgehead atoms. The van der Waals surface area contributed by atoms with Crippen molar-refractivity contribution in [2.75, 3.05) is 24.2 Å². The molecule has 0 spiro atoms. The van der Waals surface area contributed by atoms with E-state index in [2.05, 4.69) is 76.9 Å². The molecule has 1 aliphatic heterocycles. The second-order valence-corrected chi connectivity index (χ2v) is 7.62. The lowest BCUT2D eigenvalue weighted by Gasteiger charge is -2.40. The number of thioether (sulfide) groups is 1. The van der Waals surface area contributed by atoms with Crippen molar-refractivity contribution in [1.82, 2.24) is 5.32 Å². The van der Waals surface area contributed by atoms with Gasteiger partial charge in [-0.3, -0.25) is 0 Å². The van der Waals surface area contributed by atoms with Gasteiger partial charge in [0.15, 0.2) is 0 Å². The molecule has 2 nitrogen and oxygen atoms in total. The second kappa shape index (κ2) is 6.51. The molecule has 0 amide bonds. The number of halogens is 1. The van der Waals surface area contributed by atoms with Crippen LogP contribution in [0.15, 0.2) is 22.7 Å². The van der Waals surface area contributed by atoms with Gasteiger partial charge in [0.2, 0.25) is 0 Å². The zero-order chi connectivity index (χ0) is 14.0. The fourth-order valence-corrected chi connectivity index (χ4v) is 4.04. The molecule has 1 heterocycles. The number of benzene rings is 1. The monoisotopic (exact) mass is 342 g/mol. The standard InChI is InChI=1S/C15H23BrN2S/c1-10(17-4)14-9-13(16)5-6-15(14)18-7-8-19-12(3)11(18)2/h5-6,9-12,17H,7-8H2,1-4H3. The Hall–Kier alpha value is -0.190. The summed E-state index contributed by atoms with van der Waals surface area (Å²) in [5.74, 6) is 1.22. The van der Waals surface area contributed by atoms with Crippen molar-refractivity contribution in [2.24, 2.45) is 0 Å².